The van der Waals surface area contributed by atoms with Gasteiger partial charge in [0.2, 0.25) is 0 Å². The molecule has 0 saturated carbocycles. The number of thiazole rings is 1. The summed E-state index contributed by atoms with van der Waals surface area (Å²) < 4.78 is 2.99. The molecule has 1 N–H and O–H groups in total. The van der Waals surface area contributed by atoms with Crippen LogP contribution in [0.1, 0.15) is 21.7 Å². The van der Waals surface area contributed by atoms with E-state index in [0.717, 1.165) is 21.6 Å². The topological polar surface area (TPSA) is 59.8 Å². The van der Waals surface area contributed by atoms with E-state index in [1.54, 1.807) is 28.2 Å². The standard InChI is InChI=1S/C19H18N4OS2/c1-12-18(15-5-8-25-10-15)13(2)23(22-12)7-6-20-19(24)14-3-4-16-17(9-14)26-11-21-16/h3-5,8-11H,6-7H2,1-2H3,(H,20,24). The molecule has 0 unspecified atom stereocenters. The summed E-state index contributed by atoms with van der Waals surface area (Å²) in [4.78, 5) is 16.6. The number of amides is 1. The van der Waals surface area contributed by atoms with Crippen molar-refractivity contribution in [3.05, 3.63) is 57.5 Å². The van der Waals surface area contributed by atoms with E-state index < -0.39 is 0 Å². The quantitative estimate of drug-likeness (QED) is 0.561. The summed E-state index contributed by atoms with van der Waals surface area (Å²) in [6.45, 7) is 5.28. The van der Waals surface area contributed by atoms with E-state index >= 15 is 0 Å². The number of carbonyl (C=O) groups excluding carboxylic acids is 1. The van der Waals surface area contributed by atoms with Gasteiger partial charge in [-0.3, -0.25) is 9.48 Å². The van der Waals surface area contributed by atoms with Crippen LogP contribution in [0.2, 0.25) is 0 Å². The zero-order chi connectivity index (χ0) is 18.1. The minimum Gasteiger partial charge on any atom is -0.350 e. The lowest BCUT2D eigenvalue weighted by atomic mass is 10.1. The first-order valence-electron chi connectivity index (χ1n) is 8.31. The molecule has 1 amide bonds. The molecule has 7 heteroatoms. The molecule has 3 heterocycles. The Morgan fingerprint density at radius 1 is 1.27 bits per heavy atom. The molecule has 132 valence electrons. The summed E-state index contributed by atoms with van der Waals surface area (Å²) in [5, 5.41) is 11.8. The lowest BCUT2D eigenvalue weighted by molar-refractivity contribution is 0.0952. The monoisotopic (exact) mass is 382 g/mol. The van der Waals surface area contributed by atoms with E-state index in [-0.39, 0.29) is 5.91 Å². The fourth-order valence-corrected chi connectivity index (χ4v) is 4.48. The molecule has 3 aromatic heterocycles. The van der Waals surface area contributed by atoms with E-state index in [2.05, 4.69) is 39.1 Å². The van der Waals surface area contributed by atoms with Crippen LogP contribution >= 0.6 is 22.7 Å². The summed E-state index contributed by atoms with van der Waals surface area (Å²) in [7, 11) is 0. The van der Waals surface area contributed by atoms with Gasteiger partial charge in [0, 0.05) is 23.4 Å². The highest BCUT2D eigenvalue weighted by Gasteiger charge is 2.14. The highest BCUT2D eigenvalue weighted by molar-refractivity contribution is 7.16. The SMILES string of the molecule is Cc1nn(CCNC(=O)c2ccc3ncsc3c2)c(C)c1-c1ccsc1. The van der Waals surface area contributed by atoms with E-state index in [9.17, 15) is 4.79 Å². The molecule has 0 aliphatic heterocycles. The number of hydrogen-bond donors (Lipinski definition) is 1. The average molecular weight is 383 g/mol. The van der Waals surface area contributed by atoms with E-state index in [4.69, 9.17) is 0 Å². The molecule has 0 saturated heterocycles. The predicted octanol–water partition coefficient (Wildman–Crippen LogP) is 4.27. The van der Waals surface area contributed by atoms with Crippen LogP contribution < -0.4 is 5.32 Å². The Bertz CT molecular complexity index is 1060. The maximum atomic E-state index is 12.4. The van der Waals surface area contributed by atoms with Gasteiger partial charge >= 0.3 is 0 Å². The van der Waals surface area contributed by atoms with E-state index in [1.165, 1.54) is 11.1 Å². The Morgan fingerprint density at radius 3 is 2.96 bits per heavy atom. The number of hydrogen-bond acceptors (Lipinski definition) is 5. The van der Waals surface area contributed by atoms with Gasteiger partial charge in [-0.2, -0.15) is 16.4 Å². The number of benzene rings is 1. The summed E-state index contributed by atoms with van der Waals surface area (Å²) in [5.41, 5.74) is 7.92. The fourth-order valence-electron chi connectivity index (χ4n) is 3.11. The number of fused-ring (bicyclic) bond motifs is 1. The van der Waals surface area contributed by atoms with Crippen molar-refractivity contribution in [2.45, 2.75) is 20.4 Å². The third kappa shape index (κ3) is 3.15. The average Bonchev–Trinajstić information content (AvgIpc) is 3.35. The van der Waals surface area contributed by atoms with Crippen molar-refractivity contribution in [3.8, 4) is 11.1 Å². The molecule has 0 aliphatic rings. The maximum absolute atomic E-state index is 12.4. The molecule has 26 heavy (non-hydrogen) atoms. The van der Waals surface area contributed by atoms with Gasteiger partial charge in [0.25, 0.3) is 5.91 Å². The molecular formula is C19H18N4OS2. The van der Waals surface area contributed by atoms with Crippen LogP contribution in [0.15, 0.2) is 40.5 Å². The first kappa shape index (κ1) is 16.9. The van der Waals surface area contributed by atoms with Crippen LogP contribution in [0.4, 0.5) is 0 Å². The van der Waals surface area contributed by atoms with Gasteiger partial charge in [-0.25, -0.2) is 4.98 Å². The van der Waals surface area contributed by atoms with Gasteiger partial charge in [0.15, 0.2) is 0 Å². The largest absolute Gasteiger partial charge is 0.350 e. The zero-order valence-corrected chi connectivity index (χ0v) is 16.2. The number of thiophene rings is 1. The second-order valence-electron chi connectivity index (χ2n) is 6.07. The van der Waals surface area contributed by atoms with Crippen molar-refractivity contribution in [1.82, 2.24) is 20.1 Å². The number of nitrogens with one attached hydrogen (secondary N) is 1. The maximum Gasteiger partial charge on any atom is 0.251 e. The third-order valence-electron chi connectivity index (χ3n) is 4.39. The van der Waals surface area contributed by atoms with E-state index in [0.29, 0.717) is 18.7 Å². The number of nitrogens with zero attached hydrogens (tertiary/aromatic N) is 3. The fraction of sp³-hybridized carbons (Fsp3) is 0.211. The van der Waals surface area contributed by atoms with Crippen molar-refractivity contribution in [2.24, 2.45) is 0 Å². The Kier molecular flexibility index (Phi) is 4.57. The minimum atomic E-state index is -0.0695. The predicted molar refractivity (Wildman–Crippen MR) is 107 cm³/mol. The summed E-state index contributed by atoms with van der Waals surface area (Å²) in [6.07, 6.45) is 0. The Morgan fingerprint density at radius 2 is 2.15 bits per heavy atom. The van der Waals surface area contributed by atoms with E-state index in [1.807, 2.05) is 29.8 Å². The van der Waals surface area contributed by atoms with Crippen molar-refractivity contribution < 1.29 is 4.79 Å². The molecule has 4 aromatic rings. The van der Waals surface area contributed by atoms with Crippen LogP contribution in [0.25, 0.3) is 21.3 Å². The van der Waals surface area contributed by atoms with Crippen LogP contribution in [0.3, 0.4) is 0 Å². The summed E-state index contributed by atoms with van der Waals surface area (Å²) in [5.74, 6) is -0.0695. The van der Waals surface area contributed by atoms with Gasteiger partial charge in [-0.1, -0.05) is 0 Å². The van der Waals surface area contributed by atoms with Crippen molar-refractivity contribution in [3.63, 3.8) is 0 Å². The van der Waals surface area contributed by atoms with Crippen molar-refractivity contribution in [1.29, 1.82) is 0 Å². The third-order valence-corrected chi connectivity index (χ3v) is 5.87. The smallest absolute Gasteiger partial charge is 0.251 e. The molecule has 4 rings (SSSR count). The molecule has 5 nitrogen and oxygen atoms in total. The molecule has 0 bridgehead atoms. The molecule has 0 fully saturated rings. The van der Waals surface area contributed by atoms with Gasteiger partial charge in [-0.05, 0) is 54.4 Å². The summed E-state index contributed by atoms with van der Waals surface area (Å²) in [6, 6.07) is 7.70. The van der Waals surface area contributed by atoms with Crippen molar-refractivity contribution >= 4 is 38.8 Å². The van der Waals surface area contributed by atoms with Gasteiger partial charge < -0.3 is 5.32 Å². The highest BCUT2D eigenvalue weighted by atomic mass is 32.1. The molecular weight excluding hydrogens is 364 g/mol. The second kappa shape index (κ2) is 7.01. The number of rotatable bonds is 5. The second-order valence-corrected chi connectivity index (χ2v) is 7.74. The molecule has 0 spiro atoms. The Hall–Kier alpha value is -2.51. The van der Waals surface area contributed by atoms with Crippen molar-refractivity contribution in [2.75, 3.05) is 6.54 Å². The zero-order valence-electron chi connectivity index (χ0n) is 14.5. The molecule has 0 atom stereocenters. The van der Waals surface area contributed by atoms with Gasteiger partial charge in [0.1, 0.15) is 0 Å². The first-order chi connectivity index (χ1) is 12.6. The minimum absolute atomic E-state index is 0.0695. The Balaban J connectivity index is 1.43. The van der Waals surface area contributed by atoms with Gasteiger partial charge in [0.05, 0.1) is 28.0 Å². The number of carbonyl (C=O) groups is 1. The Labute approximate surface area is 159 Å². The molecule has 0 aliphatic carbocycles. The lowest BCUT2D eigenvalue weighted by Gasteiger charge is -2.07. The van der Waals surface area contributed by atoms with Crippen LogP contribution in [0.5, 0.6) is 0 Å². The molecule has 1 aromatic carbocycles. The normalized spacial score (nSPS) is 11.2. The van der Waals surface area contributed by atoms with Gasteiger partial charge in [-0.15, -0.1) is 11.3 Å². The number of aryl methyl sites for hydroxylation is 1. The highest BCUT2D eigenvalue weighted by Crippen LogP contribution is 2.28. The first-order valence-corrected chi connectivity index (χ1v) is 10.1. The van der Waals surface area contributed by atoms with Crippen LogP contribution in [-0.4, -0.2) is 27.2 Å². The molecule has 0 radical (unpaired) electrons. The summed E-state index contributed by atoms with van der Waals surface area (Å²) >= 11 is 3.22. The lowest BCUT2D eigenvalue weighted by Crippen LogP contribution is -2.27. The number of aromatic nitrogens is 3. The van der Waals surface area contributed by atoms with Crippen LogP contribution in [0, 0.1) is 13.8 Å². The van der Waals surface area contributed by atoms with Crippen LogP contribution in [-0.2, 0) is 6.54 Å².